The van der Waals surface area contributed by atoms with Gasteiger partial charge in [0.1, 0.15) is 5.76 Å². The maximum atomic E-state index is 11.8. The third-order valence-corrected chi connectivity index (χ3v) is 5.43. The van der Waals surface area contributed by atoms with Gasteiger partial charge in [-0.15, -0.1) is 0 Å². The molecular weight excluding hydrogens is 390 g/mol. The Labute approximate surface area is 185 Å². The number of furan rings is 1. The first kappa shape index (κ1) is 22.9. The van der Waals surface area contributed by atoms with Gasteiger partial charge in [0.2, 0.25) is 5.91 Å². The van der Waals surface area contributed by atoms with Gasteiger partial charge in [-0.25, -0.2) is 4.99 Å². The fourth-order valence-corrected chi connectivity index (χ4v) is 3.63. The second kappa shape index (κ2) is 11.6. The van der Waals surface area contributed by atoms with Gasteiger partial charge in [0, 0.05) is 24.7 Å². The second-order valence-corrected chi connectivity index (χ2v) is 8.19. The van der Waals surface area contributed by atoms with Crippen molar-refractivity contribution in [2.45, 2.75) is 46.2 Å². The molecule has 0 bridgehead atoms. The van der Waals surface area contributed by atoms with Crippen molar-refractivity contribution in [3.63, 3.8) is 0 Å². The van der Waals surface area contributed by atoms with Gasteiger partial charge in [-0.2, -0.15) is 0 Å². The number of hydrogen-bond donors (Lipinski definition) is 3. The van der Waals surface area contributed by atoms with Crippen LogP contribution in [0.4, 0.5) is 5.69 Å². The number of guanidine groups is 1. The van der Waals surface area contributed by atoms with Crippen LogP contribution in [0.5, 0.6) is 0 Å². The molecule has 1 saturated heterocycles. The fourth-order valence-electron chi connectivity index (χ4n) is 3.63. The number of nitrogens with zero attached hydrogens (tertiary/aromatic N) is 2. The SMILES string of the molecule is CCNC(=NCc1ccc(NC(=O)C(C)C)cc1)NCC(c1ccco1)N1CCCC1. The summed E-state index contributed by atoms with van der Waals surface area (Å²) < 4.78 is 5.71. The Morgan fingerprint density at radius 2 is 1.87 bits per heavy atom. The van der Waals surface area contributed by atoms with Gasteiger partial charge in [-0.1, -0.05) is 26.0 Å². The summed E-state index contributed by atoms with van der Waals surface area (Å²) in [5, 5.41) is 9.73. The summed E-state index contributed by atoms with van der Waals surface area (Å²) in [7, 11) is 0. The Kier molecular flexibility index (Phi) is 8.53. The largest absolute Gasteiger partial charge is 0.468 e. The minimum atomic E-state index is -0.0383. The molecule has 7 nitrogen and oxygen atoms in total. The number of aliphatic imine (C=N–C) groups is 1. The van der Waals surface area contributed by atoms with Crippen molar-refractivity contribution in [2.75, 3.05) is 31.5 Å². The van der Waals surface area contributed by atoms with Gasteiger partial charge in [0.05, 0.1) is 18.8 Å². The molecule has 168 valence electrons. The van der Waals surface area contributed by atoms with Gasteiger partial charge in [-0.05, 0) is 62.7 Å². The second-order valence-electron chi connectivity index (χ2n) is 8.19. The quantitative estimate of drug-likeness (QED) is 0.421. The van der Waals surface area contributed by atoms with E-state index < -0.39 is 0 Å². The van der Waals surface area contributed by atoms with Crippen LogP contribution in [0.2, 0.25) is 0 Å². The first-order chi connectivity index (χ1) is 15.1. The summed E-state index contributed by atoms with van der Waals surface area (Å²) in [5.74, 6) is 1.76. The van der Waals surface area contributed by atoms with Crippen LogP contribution < -0.4 is 16.0 Å². The van der Waals surface area contributed by atoms with Crippen molar-refractivity contribution >= 4 is 17.6 Å². The highest BCUT2D eigenvalue weighted by atomic mass is 16.3. The zero-order valence-corrected chi connectivity index (χ0v) is 18.9. The van der Waals surface area contributed by atoms with Gasteiger partial charge in [-0.3, -0.25) is 9.69 Å². The molecule has 1 aliphatic heterocycles. The minimum absolute atomic E-state index is 0.0218. The van der Waals surface area contributed by atoms with Crippen LogP contribution in [0.1, 0.15) is 51.0 Å². The van der Waals surface area contributed by atoms with E-state index in [1.807, 2.05) is 50.2 Å². The van der Waals surface area contributed by atoms with Crippen molar-refractivity contribution in [1.29, 1.82) is 0 Å². The van der Waals surface area contributed by atoms with E-state index in [1.165, 1.54) is 12.8 Å². The van der Waals surface area contributed by atoms with Crippen molar-refractivity contribution in [1.82, 2.24) is 15.5 Å². The van der Waals surface area contributed by atoms with Crippen molar-refractivity contribution < 1.29 is 9.21 Å². The van der Waals surface area contributed by atoms with E-state index in [4.69, 9.17) is 9.41 Å². The molecule has 0 radical (unpaired) electrons. The number of amides is 1. The van der Waals surface area contributed by atoms with Crippen molar-refractivity contribution in [2.24, 2.45) is 10.9 Å². The molecular formula is C24H35N5O2. The van der Waals surface area contributed by atoms with Crippen molar-refractivity contribution in [3.05, 3.63) is 54.0 Å². The number of carbonyl (C=O) groups excluding carboxylic acids is 1. The summed E-state index contributed by atoms with van der Waals surface area (Å²) in [5.41, 5.74) is 1.89. The van der Waals surface area contributed by atoms with E-state index in [2.05, 4.69) is 27.8 Å². The number of likely N-dealkylation sites (tertiary alicyclic amines) is 1. The van der Waals surface area contributed by atoms with Crippen molar-refractivity contribution in [3.8, 4) is 0 Å². The molecule has 3 N–H and O–H groups in total. The molecule has 2 heterocycles. The molecule has 1 atom stereocenters. The van der Waals surface area contributed by atoms with E-state index in [1.54, 1.807) is 6.26 Å². The lowest BCUT2D eigenvalue weighted by Gasteiger charge is -2.26. The maximum absolute atomic E-state index is 11.8. The van der Waals surface area contributed by atoms with Crippen LogP contribution >= 0.6 is 0 Å². The summed E-state index contributed by atoms with van der Waals surface area (Å²) in [4.78, 5) is 19.0. The molecule has 2 aromatic rings. The molecule has 1 amide bonds. The predicted octanol–water partition coefficient (Wildman–Crippen LogP) is 3.77. The fraction of sp³-hybridized carbons (Fsp3) is 0.500. The van der Waals surface area contributed by atoms with Crippen LogP contribution in [0, 0.1) is 5.92 Å². The van der Waals surface area contributed by atoms with Crippen LogP contribution in [0.3, 0.4) is 0 Å². The average molecular weight is 426 g/mol. The van der Waals surface area contributed by atoms with Crippen LogP contribution in [0.15, 0.2) is 52.1 Å². The summed E-state index contributed by atoms with van der Waals surface area (Å²) >= 11 is 0. The van der Waals surface area contributed by atoms with Gasteiger partial charge in [0.15, 0.2) is 5.96 Å². The first-order valence-electron chi connectivity index (χ1n) is 11.3. The number of hydrogen-bond acceptors (Lipinski definition) is 4. The number of benzene rings is 1. The van der Waals surface area contributed by atoms with E-state index in [0.717, 1.165) is 49.1 Å². The van der Waals surface area contributed by atoms with Gasteiger partial charge >= 0.3 is 0 Å². The standard InChI is InChI=1S/C24H35N5O2/c1-4-25-24(26-16-19-9-11-20(12-10-19)28-23(30)18(2)3)27-17-21(22-8-7-15-31-22)29-13-5-6-14-29/h7-12,15,18,21H,4-6,13-14,16-17H2,1-3H3,(H,28,30)(H2,25,26,27). The third kappa shape index (κ3) is 6.85. The summed E-state index contributed by atoms with van der Waals surface area (Å²) in [6, 6.07) is 12.0. The smallest absolute Gasteiger partial charge is 0.226 e. The van der Waals surface area contributed by atoms with Gasteiger partial charge < -0.3 is 20.4 Å². The Hall–Kier alpha value is -2.80. The third-order valence-electron chi connectivity index (χ3n) is 5.43. The predicted molar refractivity (Wildman–Crippen MR) is 125 cm³/mol. The molecule has 0 saturated carbocycles. The monoisotopic (exact) mass is 425 g/mol. The lowest BCUT2D eigenvalue weighted by atomic mass is 10.1. The average Bonchev–Trinajstić information content (AvgIpc) is 3.48. The first-order valence-corrected chi connectivity index (χ1v) is 11.3. The Balaban J connectivity index is 1.59. The van der Waals surface area contributed by atoms with Crippen LogP contribution in [0.25, 0.3) is 0 Å². The molecule has 1 aromatic heterocycles. The zero-order valence-electron chi connectivity index (χ0n) is 18.9. The number of nitrogens with one attached hydrogen (secondary N) is 3. The summed E-state index contributed by atoms with van der Waals surface area (Å²) in [6.07, 6.45) is 4.21. The zero-order chi connectivity index (χ0) is 22.1. The molecule has 31 heavy (non-hydrogen) atoms. The Bertz CT molecular complexity index is 824. The molecule has 0 aliphatic carbocycles. The van der Waals surface area contributed by atoms with Gasteiger partial charge in [0.25, 0.3) is 0 Å². The molecule has 1 aromatic carbocycles. The lowest BCUT2D eigenvalue weighted by Crippen LogP contribution is -2.42. The van der Waals surface area contributed by atoms with Crippen LogP contribution in [-0.2, 0) is 11.3 Å². The molecule has 0 spiro atoms. The number of carbonyl (C=O) groups is 1. The van der Waals surface area contributed by atoms with E-state index in [-0.39, 0.29) is 17.9 Å². The summed E-state index contributed by atoms with van der Waals surface area (Å²) in [6.45, 7) is 10.1. The molecule has 1 unspecified atom stereocenters. The number of anilines is 1. The lowest BCUT2D eigenvalue weighted by molar-refractivity contribution is -0.118. The van der Waals surface area contributed by atoms with Crippen LogP contribution in [-0.4, -0.2) is 42.9 Å². The van der Waals surface area contributed by atoms with E-state index in [0.29, 0.717) is 6.54 Å². The Morgan fingerprint density at radius 1 is 1.13 bits per heavy atom. The van der Waals surface area contributed by atoms with E-state index in [9.17, 15) is 4.79 Å². The molecule has 3 rings (SSSR count). The highest BCUT2D eigenvalue weighted by Gasteiger charge is 2.25. The molecule has 1 fully saturated rings. The Morgan fingerprint density at radius 3 is 2.48 bits per heavy atom. The highest BCUT2D eigenvalue weighted by Crippen LogP contribution is 2.24. The molecule has 1 aliphatic rings. The molecule has 7 heteroatoms. The number of rotatable bonds is 9. The van der Waals surface area contributed by atoms with E-state index >= 15 is 0 Å². The maximum Gasteiger partial charge on any atom is 0.226 e. The highest BCUT2D eigenvalue weighted by molar-refractivity contribution is 5.92. The minimum Gasteiger partial charge on any atom is -0.468 e. The topological polar surface area (TPSA) is 81.9 Å². The normalized spacial score (nSPS) is 15.8.